The van der Waals surface area contributed by atoms with Gasteiger partial charge in [0.2, 0.25) is 5.91 Å². The van der Waals surface area contributed by atoms with Gasteiger partial charge in [0.05, 0.1) is 24.0 Å². The van der Waals surface area contributed by atoms with E-state index in [1.807, 2.05) is 47.9 Å². The molecule has 4 aromatic rings. The van der Waals surface area contributed by atoms with E-state index in [9.17, 15) is 35.9 Å². The molecule has 1 saturated heterocycles. The van der Waals surface area contributed by atoms with Crippen LogP contribution in [-0.4, -0.2) is 74.9 Å². The van der Waals surface area contributed by atoms with E-state index in [-0.39, 0.29) is 37.4 Å². The lowest BCUT2D eigenvalue weighted by atomic mass is 10.0. The first-order valence-corrected chi connectivity index (χ1v) is 15.3. The molecule has 1 unspecified atom stereocenters. The first kappa shape index (κ1) is 33.8. The van der Waals surface area contributed by atoms with Crippen LogP contribution in [0.5, 0.6) is 5.75 Å². The summed E-state index contributed by atoms with van der Waals surface area (Å²) >= 11 is 1.16. The number of methoxy groups -OCH3 is 1. The normalized spacial score (nSPS) is 15.6. The number of alkyl halides is 6. The van der Waals surface area contributed by atoms with Crippen LogP contribution < -0.4 is 4.74 Å². The van der Waals surface area contributed by atoms with Gasteiger partial charge in [0.1, 0.15) is 5.75 Å². The predicted octanol–water partition coefficient (Wildman–Crippen LogP) is 6.75. The molecular formula is C32H29F6N5O3S. The van der Waals surface area contributed by atoms with Crippen molar-refractivity contribution in [1.29, 1.82) is 0 Å². The average Bonchev–Trinajstić information content (AvgIpc) is 3.46. The molecule has 2 amide bonds. The number of hydrogen-bond donors (Lipinski definition) is 0. The van der Waals surface area contributed by atoms with Crippen molar-refractivity contribution in [2.45, 2.75) is 37.4 Å². The van der Waals surface area contributed by atoms with Crippen LogP contribution in [0.4, 0.5) is 26.3 Å². The second-order valence-corrected chi connectivity index (χ2v) is 11.9. The zero-order valence-corrected chi connectivity index (χ0v) is 26.2. The quantitative estimate of drug-likeness (QED) is 0.159. The molecule has 2 heterocycles. The molecule has 0 radical (unpaired) electrons. The minimum atomic E-state index is -5.08. The molecule has 47 heavy (non-hydrogen) atoms. The zero-order chi connectivity index (χ0) is 34.1. The molecule has 1 aliphatic rings. The van der Waals surface area contributed by atoms with Gasteiger partial charge in [-0.2, -0.15) is 26.3 Å². The Morgan fingerprint density at radius 1 is 0.894 bits per heavy atom. The van der Waals surface area contributed by atoms with Crippen molar-refractivity contribution in [1.82, 2.24) is 24.6 Å². The summed E-state index contributed by atoms with van der Waals surface area (Å²) in [6.07, 6.45) is -10.2. The third-order valence-corrected chi connectivity index (χ3v) is 8.59. The van der Waals surface area contributed by atoms with Gasteiger partial charge in [0.25, 0.3) is 5.91 Å². The molecule has 1 fully saturated rings. The van der Waals surface area contributed by atoms with Crippen LogP contribution in [0.3, 0.4) is 0 Å². The van der Waals surface area contributed by atoms with Gasteiger partial charge >= 0.3 is 12.4 Å². The lowest BCUT2D eigenvalue weighted by molar-refractivity contribution is -0.143. The Balaban J connectivity index is 1.30. The lowest BCUT2D eigenvalue weighted by Gasteiger charge is -2.40. The smallest absolute Gasteiger partial charge is 0.416 e. The molecule has 0 saturated carbocycles. The molecule has 1 atom stereocenters. The van der Waals surface area contributed by atoms with Crippen LogP contribution >= 0.6 is 11.8 Å². The maximum Gasteiger partial charge on any atom is 0.416 e. The Kier molecular flexibility index (Phi) is 9.57. The van der Waals surface area contributed by atoms with E-state index in [2.05, 4.69) is 10.2 Å². The topological polar surface area (TPSA) is 80.6 Å². The van der Waals surface area contributed by atoms with Crippen molar-refractivity contribution in [3.63, 3.8) is 0 Å². The summed E-state index contributed by atoms with van der Waals surface area (Å²) in [6.45, 7) is 3.55. The van der Waals surface area contributed by atoms with Crippen LogP contribution in [0.25, 0.3) is 17.1 Å². The minimum absolute atomic E-state index is 0.0202. The van der Waals surface area contributed by atoms with Crippen LogP contribution in [-0.2, 0) is 17.1 Å². The third kappa shape index (κ3) is 7.56. The number of hydrogen-bond acceptors (Lipinski definition) is 6. The summed E-state index contributed by atoms with van der Waals surface area (Å²) < 4.78 is 87.2. The summed E-state index contributed by atoms with van der Waals surface area (Å²) in [5, 5.41) is 9.18. The number of halogens is 6. The van der Waals surface area contributed by atoms with Crippen LogP contribution in [0.15, 0.2) is 71.9 Å². The van der Waals surface area contributed by atoms with Gasteiger partial charge in [-0.1, -0.05) is 41.6 Å². The number of piperazine rings is 1. The molecule has 15 heteroatoms. The summed E-state index contributed by atoms with van der Waals surface area (Å²) in [4.78, 5) is 29.1. The van der Waals surface area contributed by atoms with E-state index in [1.165, 1.54) is 9.80 Å². The number of carbonyl (C=O) groups is 2. The molecule has 0 aliphatic carbocycles. The first-order chi connectivity index (χ1) is 22.2. The summed E-state index contributed by atoms with van der Waals surface area (Å²) in [5.41, 5.74) is -1.23. The van der Waals surface area contributed by atoms with Gasteiger partial charge < -0.3 is 14.5 Å². The number of aromatic nitrogens is 3. The Morgan fingerprint density at radius 3 is 2.06 bits per heavy atom. The van der Waals surface area contributed by atoms with Gasteiger partial charge in [0.15, 0.2) is 11.0 Å². The molecular weight excluding hydrogens is 648 g/mol. The molecule has 1 aliphatic heterocycles. The van der Waals surface area contributed by atoms with Crippen LogP contribution in [0, 0.1) is 6.92 Å². The van der Waals surface area contributed by atoms with Gasteiger partial charge in [-0.3, -0.25) is 14.2 Å². The fraction of sp³-hybridized carbons (Fsp3) is 0.312. The first-order valence-electron chi connectivity index (χ1n) is 14.3. The van der Waals surface area contributed by atoms with E-state index in [0.29, 0.717) is 28.9 Å². The Labute approximate surface area is 270 Å². The van der Waals surface area contributed by atoms with Crippen LogP contribution in [0.2, 0.25) is 0 Å². The fourth-order valence-corrected chi connectivity index (χ4v) is 6.02. The van der Waals surface area contributed by atoms with E-state index < -0.39 is 41.0 Å². The number of thioether (sulfide) groups is 1. The summed E-state index contributed by atoms with van der Waals surface area (Å²) in [6, 6.07) is 15.1. The minimum Gasteiger partial charge on any atom is -0.497 e. The third-order valence-electron chi connectivity index (χ3n) is 7.67. The van der Waals surface area contributed by atoms with Crippen molar-refractivity contribution in [2.75, 3.05) is 32.5 Å². The fourth-order valence-electron chi connectivity index (χ4n) is 5.16. The van der Waals surface area contributed by atoms with Gasteiger partial charge in [-0.15, -0.1) is 10.2 Å². The predicted molar refractivity (Wildman–Crippen MR) is 162 cm³/mol. The van der Waals surface area contributed by atoms with E-state index >= 15 is 0 Å². The molecule has 0 N–H and O–H groups in total. The number of ether oxygens (including phenoxy) is 1. The Morgan fingerprint density at radius 2 is 1.51 bits per heavy atom. The maximum atomic E-state index is 13.4. The van der Waals surface area contributed by atoms with Gasteiger partial charge in [-0.05, 0) is 56.3 Å². The second kappa shape index (κ2) is 13.3. The van der Waals surface area contributed by atoms with Gasteiger partial charge in [-0.25, -0.2) is 0 Å². The summed E-state index contributed by atoms with van der Waals surface area (Å²) in [7, 11) is 1.56. The monoisotopic (exact) mass is 677 g/mol. The molecule has 0 spiro atoms. The van der Waals surface area contributed by atoms with Crippen molar-refractivity contribution in [3.8, 4) is 22.8 Å². The maximum absolute atomic E-state index is 13.4. The Hall–Kier alpha value is -4.53. The van der Waals surface area contributed by atoms with E-state index in [4.69, 9.17) is 4.74 Å². The van der Waals surface area contributed by atoms with E-state index in [0.717, 1.165) is 28.6 Å². The number of nitrogens with zero attached hydrogens (tertiary/aromatic N) is 5. The lowest BCUT2D eigenvalue weighted by Crippen LogP contribution is -2.55. The zero-order valence-electron chi connectivity index (χ0n) is 25.4. The molecule has 8 nitrogen and oxygen atoms in total. The standard InChI is InChI=1S/C32H29F6N5O3S/c1-19-4-6-21(7-5-19)28-39-40-30(43(28)25-8-10-26(46-3)11-9-25)47-18-27(44)41-12-13-42(20(2)17-41)29(45)22-14-23(31(33,34)35)16-24(15-22)32(36,37)38/h4-11,14-16,20H,12-13,17-18H2,1-3H3. The SMILES string of the molecule is COc1ccc(-n2c(SCC(=O)N3CCN(C(=O)c4cc(C(F)(F)F)cc(C(F)(F)F)c4)C(C)C3)nnc2-c2ccc(C)cc2)cc1. The number of rotatable bonds is 7. The highest BCUT2D eigenvalue weighted by molar-refractivity contribution is 7.99. The molecule has 5 rings (SSSR count). The number of amides is 2. The Bertz CT molecular complexity index is 1720. The number of benzene rings is 3. The number of aryl methyl sites for hydroxylation is 1. The molecule has 0 bridgehead atoms. The highest BCUT2D eigenvalue weighted by Crippen LogP contribution is 2.37. The molecule has 1 aromatic heterocycles. The van der Waals surface area contributed by atoms with Crippen molar-refractivity contribution >= 4 is 23.6 Å². The largest absolute Gasteiger partial charge is 0.497 e. The van der Waals surface area contributed by atoms with Crippen molar-refractivity contribution in [2.24, 2.45) is 0 Å². The number of carbonyl (C=O) groups excluding carboxylic acids is 2. The molecule has 3 aromatic carbocycles. The highest BCUT2D eigenvalue weighted by atomic mass is 32.2. The second-order valence-electron chi connectivity index (χ2n) is 11.0. The average molecular weight is 678 g/mol. The highest BCUT2D eigenvalue weighted by Gasteiger charge is 2.39. The van der Waals surface area contributed by atoms with Crippen LogP contribution in [0.1, 0.15) is 34.0 Å². The van der Waals surface area contributed by atoms with Gasteiger partial charge in [0, 0.05) is 42.5 Å². The molecule has 248 valence electrons. The summed E-state index contributed by atoms with van der Waals surface area (Å²) in [5.74, 6) is -0.0797. The van der Waals surface area contributed by atoms with Crippen molar-refractivity contribution in [3.05, 3.63) is 89.0 Å². The van der Waals surface area contributed by atoms with E-state index in [1.54, 1.807) is 26.2 Å². The van der Waals surface area contributed by atoms with Crippen molar-refractivity contribution < 1.29 is 40.7 Å².